The summed E-state index contributed by atoms with van der Waals surface area (Å²) in [7, 11) is 0. The maximum atomic E-state index is 12.0. The molecule has 0 spiro atoms. The fourth-order valence-electron chi connectivity index (χ4n) is 1.61. The standard InChI is InChI=1S/C12H12BrClN4O/c1-2-18-7-16-17-11(18)6-15-12(19)9-4-3-8(14)5-10(9)13/h3-5,7H,2,6H2,1H3,(H,15,19). The molecule has 0 radical (unpaired) electrons. The summed E-state index contributed by atoms with van der Waals surface area (Å²) in [6.45, 7) is 3.09. The molecule has 2 rings (SSSR count). The molecule has 1 amide bonds. The van der Waals surface area contributed by atoms with Crippen molar-refractivity contribution in [3.63, 3.8) is 0 Å². The zero-order chi connectivity index (χ0) is 13.8. The molecule has 2 aromatic rings. The van der Waals surface area contributed by atoms with Crippen molar-refractivity contribution in [2.45, 2.75) is 20.0 Å². The van der Waals surface area contributed by atoms with Crippen molar-refractivity contribution in [2.75, 3.05) is 0 Å². The zero-order valence-corrected chi connectivity index (χ0v) is 12.6. The third kappa shape index (κ3) is 3.33. The van der Waals surface area contributed by atoms with Crippen LogP contribution in [-0.4, -0.2) is 20.7 Å². The largest absolute Gasteiger partial charge is 0.345 e. The van der Waals surface area contributed by atoms with Crippen LogP contribution in [0, 0.1) is 0 Å². The Morgan fingerprint density at radius 2 is 2.32 bits per heavy atom. The monoisotopic (exact) mass is 342 g/mol. The van der Waals surface area contributed by atoms with Crippen molar-refractivity contribution in [1.82, 2.24) is 20.1 Å². The molecule has 0 fully saturated rings. The van der Waals surface area contributed by atoms with Gasteiger partial charge in [-0.15, -0.1) is 10.2 Å². The van der Waals surface area contributed by atoms with E-state index in [2.05, 4.69) is 31.4 Å². The van der Waals surface area contributed by atoms with E-state index in [1.807, 2.05) is 11.5 Å². The SMILES string of the molecule is CCn1cnnc1CNC(=O)c1ccc(Cl)cc1Br. The van der Waals surface area contributed by atoms with Crippen molar-refractivity contribution in [3.8, 4) is 0 Å². The predicted octanol–water partition coefficient (Wildman–Crippen LogP) is 2.64. The Kier molecular flexibility index (Phi) is 4.55. The Morgan fingerprint density at radius 1 is 1.53 bits per heavy atom. The van der Waals surface area contributed by atoms with Gasteiger partial charge in [0.25, 0.3) is 5.91 Å². The Bertz CT molecular complexity index is 599. The second-order valence-corrected chi connectivity index (χ2v) is 5.13. The Morgan fingerprint density at radius 3 is 3.00 bits per heavy atom. The van der Waals surface area contributed by atoms with E-state index >= 15 is 0 Å². The second-order valence-electron chi connectivity index (χ2n) is 3.84. The molecule has 0 bridgehead atoms. The minimum Gasteiger partial charge on any atom is -0.345 e. The number of aryl methyl sites for hydroxylation is 1. The first kappa shape index (κ1) is 14.0. The molecule has 0 saturated heterocycles. The molecule has 5 nitrogen and oxygen atoms in total. The molecule has 7 heteroatoms. The summed E-state index contributed by atoms with van der Waals surface area (Å²) >= 11 is 9.15. The second kappa shape index (κ2) is 6.16. The summed E-state index contributed by atoms with van der Waals surface area (Å²) < 4.78 is 2.53. The maximum Gasteiger partial charge on any atom is 0.252 e. The molecule has 0 saturated carbocycles. The van der Waals surface area contributed by atoms with Crippen molar-refractivity contribution in [3.05, 3.63) is 45.4 Å². The van der Waals surface area contributed by atoms with Gasteiger partial charge in [-0.05, 0) is 41.1 Å². The average molecular weight is 344 g/mol. The topological polar surface area (TPSA) is 59.8 Å². The number of carbonyl (C=O) groups excluding carboxylic acids is 1. The van der Waals surface area contributed by atoms with Gasteiger partial charge < -0.3 is 9.88 Å². The van der Waals surface area contributed by atoms with Gasteiger partial charge in [0, 0.05) is 16.0 Å². The van der Waals surface area contributed by atoms with Gasteiger partial charge in [0.2, 0.25) is 0 Å². The van der Waals surface area contributed by atoms with Crippen LogP contribution in [0.3, 0.4) is 0 Å². The number of halogens is 2. The van der Waals surface area contributed by atoms with Crippen LogP contribution in [0.5, 0.6) is 0 Å². The fraction of sp³-hybridized carbons (Fsp3) is 0.250. The summed E-state index contributed by atoms with van der Waals surface area (Å²) in [5.74, 6) is 0.537. The van der Waals surface area contributed by atoms with E-state index in [9.17, 15) is 4.79 Å². The molecular formula is C12H12BrClN4O. The van der Waals surface area contributed by atoms with Gasteiger partial charge >= 0.3 is 0 Å². The number of amides is 1. The molecule has 0 unspecified atom stereocenters. The number of nitrogens with zero attached hydrogens (tertiary/aromatic N) is 3. The van der Waals surface area contributed by atoms with Crippen LogP contribution in [0.25, 0.3) is 0 Å². The number of nitrogens with one attached hydrogen (secondary N) is 1. The normalized spacial score (nSPS) is 10.5. The van der Waals surface area contributed by atoms with Gasteiger partial charge in [0.1, 0.15) is 6.33 Å². The highest BCUT2D eigenvalue weighted by molar-refractivity contribution is 9.10. The summed E-state index contributed by atoms with van der Waals surface area (Å²) in [4.78, 5) is 12.0. The summed E-state index contributed by atoms with van der Waals surface area (Å²) in [5.41, 5.74) is 0.534. The molecular weight excluding hydrogens is 332 g/mol. The minimum absolute atomic E-state index is 0.186. The summed E-state index contributed by atoms with van der Waals surface area (Å²) in [6.07, 6.45) is 1.64. The first-order valence-electron chi connectivity index (χ1n) is 5.71. The number of rotatable bonds is 4. The van der Waals surface area contributed by atoms with Crippen LogP contribution in [-0.2, 0) is 13.1 Å². The highest BCUT2D eigenvalue weighted by Crippen LogP contribution is 2.21. The lowest BCUT2D eigenvalue weighted by Crippen LogP contribution is -2.25. The Labute approximate surface area is 124 Å². The van der Waals surface area contributed by atoms with Crippen LogP contribution >= 0.6 is 27.5 Å². The van der Waals surface area contributed by atoms with Crippen LogP contribution < -0.4 is 5.32 Å². The summed E-state index contributed by atoms with van der Waals surface area (Å²) in [5, 5.41) is 11.1. The van der Waals surface area contributed by atoms with Crippen molar-refractivity contribution in [2.24, 2.45) is 0 Å². The third-order valence-corrected chi connectivity index (χ3v) is 3.51. The van der Waals surface area contributed by atoms with Crippen LogP contribution in [0.2, 0.25) is 5.02 Å². The fourth-order valence-corrected chi connectivity index (χ4v) is 2.47. The van der Waals surface area contributed by atoms with Gasteiger partial charge in [-0.3, -0.25) is 4.79 Å². The molecule has 0 aliphatic heterocycles. The molecule has 0 aliphatic rings. The van der Waals surface area contributed by atoms with E-state index in [1.54, 1.807) is 24.5 Å². The Hall–Kier alpha value is -1.40. The van der Waals surface area contributed by atoms with E-state index in [1.165, 1.54) is 0 Å². The number of benzene rings is 1. The van der Waals surface area contributed by atoms with Gasteiger partial charge in [-0.2, -0.15) is 0 Å². The third-order valence-electron chi connectivity index (χ3n) is 2.62. The Balaban J connectivity index is 2.05. The van der Waals surface area contributed by atoms with Crippen LogP contribution in [0.15, 0.2) is 29.0 Å². The van der Waals surface area contributed by atoms with Crippen molar-refractivity contribution in [1.29, 1.82) is 0 Å². The minimum atomic E-state index is -0.186. The van der Waals surface area contributed by atoms with Crippen LogP contribution in [0.1, 0.15) is 23.1 Å². The number of carbonyl (C=O) groups is 1. The smallest absolute Gasteiger partial charge is 0.252 e. The zero-order valence-electron chi connectivity index (χ0n) is 10.2. The molecule has 1 heterocycles. The van der Waals surface area contributed by atoms with Gasteiger partial charge in [0.15, 0.2) is 5.82 Å². The number of hydrogen-bond donors (Lipinski definition) is 1. The van der Waals surface area contributed by atoms with E-state index in [4.69, 9.17) is 11.6 Å². The summed E-state index contributed by atoms with van der Waals surface area (Å²) in [6, 6.07) is 5.03. The van der Waals surface area contributed by atoms with Crippen molar-refractivity contribution >= 4 is 33.4 Å². The quantitative estimate of drug-likeness (QED) is 0.928. The molecule has 0 aliphatic carbocycles. The predicted molar refractivity (Wildman–Crippen MR) is 76.0 cm³/mol. The molecule has 1 aromatic heterocycles. The van der Waals surface area contributed by atoms with Crippen LogP contribution in [0.4, 0.5) is 0 Å². The molecule has 1 N–H and O–H groups in total. The first-order chi connectivity index (χ1) is 9.11. The van der Waals surface area contributed by atoms with Gasteiger partial charge in [-0.25, -0.2) is 0 Å². The van der Waals surface area contributed by atoms with E-state index in [-0.39, 0.29) is 5.91 Å². The maximum absolute atomic E-state index is 12.0. The lowest BCUT2D eigenvalue weighted by Gasteiger charge is -2.07. The molecule has 100 valence electrons. The highest BCUT2D eigenvalue weighted by Gasteiger charge is 2.11. The van der Waals surface area contributed by atoms with Gasteiger partial charge in [0.05, 0.1) is 12.1 Å². The average Bonchev–Trinajstić information content (AvgIpc) is 2.83. The van der Waals surface area contributed by atoms with Crippen molar-refractivity contribution < 1.29 is 4.79 Å². The lowest BCUT2D eigenvalue weighted by atomic mass is 10.2. The van der Waals surface area contributed by atoms with Gasteiger partial charge in [-0.1, -0.05) is 11.6 Å². The first-order valence-corrected chi connectivity index (χ1v) is 6.89. The highest BCUT2D eigenvalue weighted by atomic mass is 79.9. The van der Waals surface area contributed by atoms with E-state index < -0.39 is 0 Å². The molecule has 1 aromatic carbocycles. The van der Waals surface area contributed by atoms with E-state index in [0.717, 1.165) is 12.4 Å². The lowest BCUT2D eigenvalue weighted by molar-refractivity contribution is 0.0948. The number of aromatic nitrogens is 3. The molecule has 0 atom stereocenters. The number of hydrogen-bond acceptors (Lipinski definition) is 3. The molecule has 19 heavy (non-hydrogen) atoms. The van der Waals surface area contributed by atoms with E-state index in [0.29, 0.717) is 21.6 Å².